The molecule has 0 heterocycles. The number of nitrogens with one attached hydrogen (secondary N) is 1. The molecule has 0 aromatic rings. The van der Waals surface area contributed by atoms with E-state index >= 15 is 0 Å². The summed E-state index contributed by atoms with van der Waals surface area (Å²) in [5.74, 6) is 3.39. The van der Waals surface area contributed by atoms with Crippen molar-refractivity contribution in [3.05, 3.63) is 0 Å². The van der Waals surface area contributed by atoms with Crippen molar-refractivity contribution < 1.29 is 0 Å². The molecule has 0 amide bonds. The van der Waals surface area contributed by atoms with Crippen LogP contribution in [0.3, 0.4) is 0 Å². The Labute approximate surface area is 75.9 Å². The Kier molecular flexibility index (Phi) is 2.69. The maximum absolute atomic E-state index is 3.26. The molecule has 1 heteroatoms. The van der Waals surface area contributed by atoms with Gasteiger partial charge in [0.2, 0.25) is 0 Å². The molecular formula is C11H21N. The van der Waals surface area contributed by atoms with E-state index in [2.05, 4.69) is 12.4 Å². The van der Waals surface area contributed by atoms with Gasteiger partial charge >= 0.3 is 0 Å². The van der Waals surface area contributed by atoms with Crippen LogP contribution >= 0.6 is 0 Å². The van der Waals surface area contributed by atoms with Crippen molar-refractivity contribution in [2.24, 2.45) is 17.8 Å². The summed E-state index contributed by atoms with van der Waals surface area (Å²) in [7, 11) is 2.07. The summed E-state index contributed by atoms with van der Waals surface area (Å²) in [4.78, 5) is 0. The second-order valence-electron chi connectivity index (χ2n) is 4.52. The number of hydrogen-bond donors (Lipinski definition) is 1. The first kappa shape index (κ1) is 8.55. The van der Waals surface area contributed by atoms with Gasteiger partial charge in [-0.2, -0.15) is 0 Å². The predicted molar refractivity (Wildman–Crippen MR) is 52.1 cm³/mol. The van der Waals surface area contributed by atoms with Crippen LogP contribution < -0.4 is 5.32 Å². The summed E-state index contributed by atoms with van der Waals surface area (Å²) in [6.45, 7) is 1.23. The molecule has 2 fully saturated rings. The SMILES string of the molecule is CNCCC1C2CCCCCC21. The lowest BCUT2D eigenvalue weighted by Gasteiger charge is -2.01. The van der Waals surface area contributed by atoms with Crippen LogP contribution in [0.15, 0.2) is 0 Å². The van der Waals surface area contributed by atoms with E-state index in [1.165, 1.54) is 32.2 Å². The van der Waals surface area contributed by atoms with Crippen molar-refractivity contribution in [3.63, 3.8) is 0 Å². The van der Waals surface area contributed by atoms with Crippen molar-refractivity contribution in [1.29, 1.82) is 0 Å². The Bertz CT molecular complexity index is 132. The maximum Gasteiger partial charge on any atom is -0.00491 e. The second-order valence-corrected chi connectivity index (χ2v) is 4.52. The Morgan fingerprint density at radius 1 is 1.08 bits per heavy atom. The Hall–Kier alpha value is -0.0400. The molecule has 0 aromatic carbocycles. The highest BCUT2D eigenvalue weighted by Crippen LogP contribution is 2.55. The highest BCUT2D eigenvalue weighted by molar-refractivity contribution is 4.97. The van der Waals surface area contributed by atoms with Gasteiger partial charge in [0.15, 0.2) is 0 Å². The third kappa shape index (κ3) is 1.66. The van der Waals surface area contributed by atoms with Crippen LogP contribution in [0.2, 0.25) is 0 Å². The summed E-state index contributed by atoms with van der Waals surface area (Å²) in [6.07, 6.45) is 9.05. The molecular weight excluding hydrogens is 146 g/mol. The molecule has 2 aliphatic carbocycles. The average molecular weight is 167 g/mol. The molecule has 0 saturated heterocycles. The zero-order valence-electron chi connectivity index (χ0n) is 8.18. The number of hydrogen-bond acceptors (Lipinski definition) is 1. The van der Waals surface area contributed by atoms with Gasteiger partial charge in [0.05, 0.1) is 0 Å². The van der Waals surface area contributed by atoms with Gasteiger partial charge in [0, 0.05) is 0 Å². The molecule has 2 unspecified atom stereocenters. The fourth-order valence-electron chi connectivity index (χ4n) is 3.06. The minimum atomic E-state index is 1.11. The first-order chi connectivity index (χ1) is 5.93. The van der Waals surface area contributed by atoms with Gasteiger partial charge in [-0.15, -0.1) is 0 Å². The van der Waals surface area contributed by atoms with Crippen LogP contribution in [0.25, 0.3) is 0 Å². The van der Waals surface area contributed by atoms with Crippen LogP contribution in [-0.2, 0) is 0 Å². The molecule has 0 bridgehead atoms. The minimum Gasteiger partial charge on any atom is -0.320 e. The van der Waals surface area contributed by atoms with Gasteiger partial charge in [0.1, 0.15) is 0 Å². The molecule has 0 radical (unpaired) electrons. The lowest BCUT2D eigenvalue weighted by molar-refractivity contribution is 0.533. The Morgan fingerprint density at radius 3 is 2.33 bits per heavy atom. The van der Waals surface area contributed by atoms with E-state index in [-0.39, 0.29) is 0 Å². The molecule has 12 heavy (non-hydrogen) atoms. The van der Waals surface area contributed by atoms with Gasteiger partial charge in [-0.1, -0.05) is 19.3 Å². The van der Waals surface area contributed by atoms with Gasteiger partial charge in [-0.3, -0.25) is 0 Å². The van der Waals surface area contributed by atoms with E-state index in [4.69, 9.17) is 0 Å². The van der Waals surface area contributed by atoms with Crippen molar-refractivity contribution in [3.8, 4) is 0 Å². The fraction of sp³-hybridized carbons (Fsp3) is 1.00. The topological polar surface area (TPSA) is 12.0 Å². The second kappa shape index (κ2) is 3.78. The van der Waals surface area contributed by atoms with E-state index in [1.807, 2.05) is 0 Å². The highest BCUT2D eigenvalue weighted by Gasteiger charge is 2.48. The first-order valence-corrected chi connectivity index (χ1v) is 5.58. The average Bonchev–Trinajstić information content (AvgIpc) is 2.75. The third-order valence-corrected chi connectivity index (χ3v) is 3.81. The lowest BCUT2D eigenvalue weighted by atomic mass is 10.1. The van der Waals surface area contributed by atoms with E-state index in [0.717, 1.165) is 17.8 Å². The zero-order chi connectivity index (χ0) is 8.39. The molecule has 0 spiro atoms. The third-order valence-electron chi connectivity index (χ3n) is 3.81. The molecule has 0 aromatic heterocycles. The highest BCUT2D eigenvalue weighted by atomic mass is 14.8. The summed E-state index contributed by atoms with van der Waals surface area (Å²) < 4.78 is 0. The normalized spacial score (nSPS) is 40.2. The standard InChI is InChI=1S/C11H21N/c1-12-8-7-11-9-5-3-2-4-6-10(9)11/h9-12H,2-8H2,1H3. The summed E-state index contributed by atoms with van der Waals surface area (Å²) >= 11 is 0. The molecule has 2 atom stereocenters. The summed E-state index contributed by atoms with van der Waals surface area (Å²) in [5, 5.41) is 3.26. The van der Waals surface area contributed by atoms with Crippen LogP contribution in [0.5, 0.6) is 0 Å². The van der Waals surface area contributed by atoms with Crippen molar-refractivity contribution >= 4 is 0 Å². The molecule has 2 saturated carbocycles. The lowest BCUT2D eigenvalue weighted by Crippen LogP contribution is -2.08. The van der Waals surface area contributed by atoms with Crippen molar-refractivity contribution in [2.75, 3.05) is 13.6 Å². The van der Waals surface area contributed by atoms with Gasteiger partial charge < -0.3 is 5.32 Å². The summed E-state index contributed by atoms with van der Waals surface area (Å²) in [5.41, 5.74) is 0. The first-order valence-electron chi connectivity index (χ1n) is 5.58. The molecule has 2 rings (SSSR count). The quantitative estimate of drug-likeness (QED) is 0.680. The largest absolute Gasteiger partial charge is 0.320 e. The van der Waals surface area contributed by atoms with E-state index in [1.54, 1.807) is 12.8 Å². The van der Waals surface area contributed by atoms with E-state index in [9.17, 15) is 0 Å². The predicted octanol–water partition coefficient (Wildman–Crippen LogP) is 2.42. The summed E-state index contributed by atoms with van der Waals surface area (Å²) in [6, 6.07) is 0. The number of fused-ring (bicyclic) bond motifs is 1. The molecule has 1 N–H and O–H groups in total. The number of rotatable bonds is 3. The van der Waals surface area contributed by atoms with Crippen molar-refractivity contribution in [1.82, 2.24) is 5.32 Å². The van der Waals surface area contributed by atoms with Crippen LogP contribution in [0.4, 0.5) is 0 Å². The van der Waals surface area contributed by atoms with Crippen LogP contribution in [0, 0.1) is 17.8 Å². The maximum atomic E-state index is 3.26. The molecule has 70 valence electrons. The van der Waals surface area contributed by atoms with Crippen molar-refractivity contribution in [2.45, 2.75) is 38.5 Å². The molecule has 0 aliphatic heterocycles. The Morgan fingerprint density at radius 2 is 1.75 bits per heavy atom. The molecule has 2 aliphatic rings. The van der Waals surface area contributed by atoms with E-state index in [0.29, 0.717) is 0 Å². The zero-order valence-corrected chi connectivity index (χ0v) is 8.18. The van der Waals surface area contributed by atoms with Crippen LogP contribution in [-0.4, -0.2) is 13.6 Å². The monoisotopic (exact) mass is 167 g/mol. The smallest absolute Gasteiger partial charge is 0.00491 e. The minimum absolute atomic E-state index is 1.11. The van der Waals surface area contributed by atoms with Gasteiger partial charge in [-0.05, 0) is 50.6 Å². The van der Waals surface area contributed by atoms with Crippen LogP contribution in [0.1, 0.15) is 38.5 Å². The van der Waals surface area contributed by atoms with E-state index < -0.39 is 0 Å². The molecule has 1 nitrogen and oxygen atoms in total. The fourth-order valence-corrected chi connectivity index (χ4v) is 3.06. The Balaban J connectivity index is 1.74. The van der Waals surface area contributed by atoms with Gasteiger partial charge in [-0.25, -0.2) is 0 Å². The van der Waals surface area contributed by atoms with Gasteiger partial charge in [0.25, 0.3) is 0 Å².